The smallest absolute Gasteiger partial charge is 0.323 e. The Labute approximate surface area is 228 Å². The van der Waals surface area contributed by atoms with Crippen molar-refractivity contribution in [3.8, 4) is 17.6 Å². The summed E-state index contributed by atoms with van der Waals surface area (Å²) in [5, 5.41) is 14.7. The number of aliphatic carboxylic acids is 1. The zero-order valence-electron chi connectivity index (χ0n) is 22.0. The van der Waals surface area contributed by atoms with Crippen LogP contribution in [-0.4, -0.2) is 47.6 Å². The maximum atomic E-state index is 13.2. The minimum absolute atomic E-state index is 0.0357. The van der Waals surface area contributed by atoms with E-state index in [4.69, 9.17) is 9.84 Å². The number of nitrogens with zero attached hydrogens (tertiary/aromatic N) is 1. The third-order valence-electron chi connectivity index (χ3n) is 6.50. The third-order valence-corrected chi connectivity index (χ3v) is 6.50. The number of anilines is 2. The van der Waals surface area contributed by atoms with Gasteiger partial charge in [-0.05, 0) is 66.8 Å². The molecule has 0 spiro atoms. The number of likely N-dealkylation sites (tertiary alicyclic amines) is 1. The van der Waals surface area contributed by atoms with Crippen LogP contribution in [0.3, 0.4) is 0 Å². The fourth-order valence-electron chi connectivity index (χ4n) is 4.53. The van der Waals surface area contributed by atoms with Crippen molar-refractivity contribution in [1.82, 2.24) is 4.90 Å². The van der Waals surface area contributed by atoms with E-state index in [0.29, 0.717) is 29.2 Å². The van der Waals surface area contributed by atoms with Crippen LogP contribution in [0.25, 0.3) is 0 Å². The van der Waals surface area contributed by atoms with Gasteiger partial charge in [-0.2, -0.15) is 0 Å². The zero-order valence-corrected chi connectivity index (χ0v) is 22.0. The Kier molecular flexibility index (Phi) is 8.85. The minimum Gasteiger partial charge on any atom is -0.495 e. The molecular weight excluding hydrogens is 494 g/mol. The standard InChI is InChI=1S/C31H31N3O5/c1-21-7-3-4-11-26(21)32-31(38)33-27-15-13-24(18-28(27)39-2)19-29(35)34-16-6-10-25(34)14-12-22-8-5-9-23(17-22)20-30(36)37/h3-5,7-9,11,13,15,17-18,25H,6,10,16,19-20H2,1-2H3,(H,36,37)(H2,32,33,38). The molecule has 0 aliphatic carbocycles. The van der Waals surface area contributed by atoms with E-state index < -0.39 is 12.0 Å². The van der Waals surface area contributed by atoms with E-state index >= 15 is 0 Å². The molecule has 39 heavy (non-hydrogen) atoms. The Morgan fingerprint density at radius 1 is 0.974 bits per heavy atom. The maximum Gasteiger partial charge on any atom is 0.323 e. The number of urea groups is 1. The molecule has 1 aliphatic rings. The molecule has 0 saturated carbocycles. The molecule has 0 radical (unpaired) electrons. The molecule has 3 aromatic carbocycles. The summed E-state index contributed by atoms with van der Waals surface area (Å²) in [6, 6.07) is 19.3. The SMILES string of the molecule is COc1cc(CC(=O)N2CCCC2C#Cc2cccc(CC(=O)O)c2)ccc1NC(=O)Nc1ccccc1C. The molecule has 4 rings (SSSR count). The average Bonchev–Trinajstić information content (AvgIpc) is 3.38. The third kappa shape index (κ3) is 7.39. The van der Waals surface area contributed by atoms with Crippen molar-refractivity contribution < 1.29 is 24.2 Å². The van der Waals surface area contributed by atoms with Crippen molar-refractivity contribution in [3.05, 3.63) is 89.0 Å². The number of ether oxygens (including phenoxy) is 1. The number of carboxylic acids is 1. The number of hydrogen-bond acceptors (Lipinski definition) is 4. The fraction of sp³-hybridized carbons (Fsp3) is 0.258. The van der Waals surface area contributed by atoms with Crippen LogP contribution in [0.5, 0.6) is 5.75 Å². The fourth-order valence-corrected chi connectivity index (χ4v) is 4.53. The lowest BCUT2D eigenvalue weighted by Gasteiger charge is -2.21. The van der Waals surface area contributed by atoms with E-state index in [9.17, 15) is 14.4 Å². The second kappa shape index (κ2) is 12.7. The Hall–Kier alpha value is -4.77. The van der Waals surface area contributed by atoms with Crippen molar-refractivity contribution in [3.63, 3.8) is 0 Å². The number of hydrogen-bond donors (Lipinski definition) is 3. The van der Waals surface area contributed by atoms with Gasteiger partial charge in [0.05, 0.1) is 31.7 Å². The van der Waals surface area contributed by atoms with Crippen LogP contribution in [0, 0.1) is 18.8 Å². The normalized spacial score (nSPS) is 14.2. The first-order valence-electron chi connectivity index (χ1n) is 12.7. The molecule has 0 bridgehead atoms. The Morgan fingerprint density at radius 3 is 2.51 bits per heavy atom. The van der Waals surface area contributed by atoms with Gasteiger partial charge in [-0.3, -0.25) is 9.59 Å². The monoisotopic (exact) mass is 525 g/mol. The average molecular weight is 526 g/mol. The number of carboxylic acid groups (broad SMARTS) is 1. The van der Waals surface area contributed by atoms with Gasteiger partial charge >= 0.3 is 12.0 Å². The minimum atomic E-state index is -0.890. The van der Waals surface area contributed by atoms with Gasteiger partial charge in [-0.1, -0.05) is 48.2 Å². The number of benzene rings is 3. The molecule has 8 heteroatoms. The highest BCUT2D eigenvalue weighted by Gasteiger charge is 2.27. The quantitative estimate of drug-likeness (QED) is 0.382. The van der Waals surface area contributed by atoms with Crippen LogP contribution in [0.4, 0.5) is 16.2 Å². The first-order chi connectivity index (χ1) is 18.8. The molecule has 1 atom stereocenters. The van der Waals surface area contributed by atoms with Gasteiger partial charge in [-0.25, -0.2) is 4.79 Å². The topological polar surface area (TPSA) is 108 Å². The van der Waals surface area contributed by atoms with Crippen LogP contribution in [0.2, 0.25) is 0 Å². The van der Waals surface area contributed by atoms with E-state index in [1.807, 2.05) is 37.3 Å². The summed E-state index contributed by atoms with van der Waals surface area (Å²) in [6.45, 7) is 2.55. The molecule has 3 N–H and O–H groups in total. The second-order valence-electron chi connectivity index (χ2n) is 9.39. The number of methoxy groups -OCH3 is 1. The molecule has 3 amide bonds. The second-order valence-corrected chi connectivity index (χ2v) is 9.39. The number of amides is 3. The van der Waals surface area contributed by atoms with Gasteiger partial charge < -0.3 is 25.4 Å². The molecule has 3 aromatic rings. The van der Waals surface area contributed by atoms with E-state index in [1.165, 1.54) is 7.11 Å². The summed E-state index contributed by atoms with van der Waals surface area (Å²) in [4.78, 5) is 38.5. The van der Waals surface area contributed by atoms with E-state index in [1.54, 1.807) is 41.3 Å². The first-order valence-corrected chi connectivity index (χ1v) is 12.7. The Bertz CT molecular complexity index is 1440. The lowest BCUT2D eigenvalue weighted by Crippen LogP contribution is -2.35. The molecule has 8 nitrogen and oxygen atoms in total. The maximum absolute atomic E-state index is 13.2. The molecule has 1 aliphatic heterocycles. The highest BCUT2D eigenvalue weighted by Crippen LogP contribution is 2.27. The Balaban J connectivity index is 1.40. The lowest BCUT2D eigenvalue weighted by atomic mass is 10.1. The van der Waals surface area contributed by atoms with Crippen molar-refractivity contribution in [2.24, 2.45) is 0 Å². The van der Waals surface area contributed by atoms with Gasteiger partial charge in [0, 0.05) is 17.8 Å². The van der Waals surface area contributed by atoms with Gasteiger partial charge in [0.1, 0.15) is 5.75 Å². The first kappa shape index (κ1) is 27.3. The van der Waals surface area contributed by atoms with Crippen LogP contribution in [-0.2, 0) is 22.4 Å². The molecular formula is C31H31N3O5. The number of carbonyl (C=O) groups excluding carboxylic acids is 2. The lowest BCUT2D eigenvalue weighted by molar-refractivity contribution is -0.136. The van der Waals surface area contributed by atoms with Gasteiger partial charge in [0.2, 0.25) is 5.91 Å². The van der Waals surface area contributed by atoms with Crippen molar-refractivity contribution in [2.75, 3.05) is 24.3 Å². The summed E-state index contributed by atoms with van der Waals surface area (Å²) >= 11 is 0. The highest BCUT2D eigenvalue weighted by atomic mass is 16.5. The van der Waals surface area contributed by atoms with Crippen LogP contribution < -0.4 is 15.4 Å². The number of carbonyl (C=O) groups is 3. The Morgan fingerprint density at radius 2 is 1.74 bits per heavy atom. The van der Waals surface area contributed by atoms with Crippen molar-refractivity contribution >= 4 is 29.3 Å². The van der Waals surface area contributed by atoms with Gasteiger partial charge in [-0.15, -0.1) is 0 Å². The van der Waals surface area contributed by atoms with Gasteiger partial charge in [0.15, 0.2) is 0 Å². The number of rotatable bonds is 7. The van der Waals surface area contributed by atoms with Gasteiger partial charge in [0.25, 0.3) is 0 Å². The van der Waals surface area contributed by atoms with E-state index in [0.717, 1.165) is 29.5 Å². The molecule has 0 aromatic heterocycles. The zero-order chi connectivity index (χ0) is 27.8. The molecule has 1 saturated heterocycles. The predicted octanol–water partition coefficient (Wildman–Crippen LogP) is 4.86. The molecule has 1 unspecified atom stereocenters. The molecule has 1 fully saturated rings. The molecule has 200 valence electrons. The summed E-state index contributed by atoms with van der Waals surface area (Å²) in [5.41, 5.74) is 4.34. The van der Waals surface area contributed by atoms with Crippen molar-refractivity contribution in [2.45, 2.75) is 38.6 Å². The van der Waals surface area contributed by atoms with Crippen molar-refractivity contribution in [1.29, 1.82) is 0 Å². The van der Waals surface area contributed by atoms with Crippen LogP contribution >= 0.6 is 0 Å². The largest absolute Gasteiger partial charge is 0.495 e. The number of aryl methyl sites for hydroxylation is 1. The summed E-state index contributed by atoms with van der Waals surface area (Å²) in [5.74, 6) is 5.84. The summed E-state index contributed by atoms with van der Waals surface area (Å²) < 4.78 is 5.48. The summed E-state index contributed by atoms with van der Waals surface area (Å²) in [6.07, 6.45) is 1.78. The summed E-state index contributed by atoms with van der Waals surface area (Å²) in [7, 11) is 1.52. The number of para-hydroxylation sites is 1. The van der Waals surface area contributed by atoms with E-state index in [-0.39, 0.29) is 24.8 Å². The predicted molar refractivity (Wildman–Crippen MR) is 150 cm³/mol. The van der Waals surface area contributed by atoms with Crippen LogP contribution in [0.1, 0.15) is 35.1 Å². The number of nitrogens with one attached hydrogen (secondary N) is 2. The van der Waals surface area contributed by atoms with E-state index in [2.05, 4.69) is 22.5 Å². The highest BCUT2D eigenvalue weighted by molar-refractivity contribution is 6.01. The van der Waals surface area contributed by atoms with Crippen LogP contribution in [0.15, 0.2) is 66.7 Å². The molecule has 1 heterocycles.